The standard InChI is InChI=1S/C10H13NO.C6H8.C2H6O.2C2H6/c1-7-4-3-5-9(8(7)2)6-10(11)12;1-2-4-6-5-3-1;1-3-2;2*1-2/h3-5H,6H2,1-2H3,(H2,11,12);1-4H,5-6H2;1-2H3;2*1-2H3. The number of aryl methyl sites for hydroxylation is 1. The van der Waals surface area contributed by atoms with Crippen molar-refractivity contribution in [2.75, 3.05) is 14.2 Å². The molecule has 0 aliphatic heterocycles. The number of primary amides is 1. The van der Waals surface area contributed by atoms with Crippen LogP contribution >= 0.6 is 0 Å². The van der Waals surface area contributed by atoms with E-state index in [0.717, 1.165) is 11.1 Å². The van der Waals surface area contributed by atoms with E-state index in [1.807, 2.05) is 59.7 Å². The zero-order chi connectivity index (χ0) is 20.1. The van der Waals surface area contributed by atoms with E-state index in [9.17, 15) is 4.79 Å². The monoisotopic (exact) mass is 349 g/mol. The van der Waals surface area contributed by atoms with Gasteiger partial charge < -0.3 is 10.5 Å². The van der Waals surface area contributed by atoms with Gasteiger partial charge in [-0.1, -0.05) is 70.2 Å². The largest absolute Gasteiger partial charge is 0.388 e. The van der Waals surface area contributed by atoms with Crippen LogP contribution in [-0.4, -0.2) is 20.1 Å². The van der Waals surface area contributed by atoms with Crippen LogP contribution in [0.3, 0.4) is 0 Å². The topological polar surface area (TPSA) is 52.3 Å². The van der Waals surface area contributed by atoms with Crippen LogP contribution < -0.4 is 5.73 Å². The number of ether oxygens (including phenoxy) is 1. The third-order valence-corrected chi connectivity index (χ3v) is 2.96. The number of methoxy groups -OCH3 is 1. The number of allylic oxidation sites excluding steroid dienone is 4. The van der Waals surface area contributed by atoms with E-state index in [4.69, 9.17) is 5.73 Å². The van der Waals surface area contributed by atoms with Crippen LogP contribution in [-0.2, 0) is 16.0 Å². The molecule has 0 fully saturated rings. The maximum atomic E-state index is 10.7. The highest BCUT2D eigenvalue weighted by molar-refractivity contribution is 5.77. The van der Waals surface area contributed by atoms with Crippen LogP contribution in [0.15, 0.2) is 42.5 Å². The number of amides is 1. The number of carbonyl (C=O) groups excluding carboxylic acids is 1. The van der Waals surface area contributed by atoms with Gasteiger partial charge in [-0.25, -0.2) is 0 Å². The first-order chi connectivity index (χ1) is 12.0. The summed E-state index contributed by atoms with van der Waals surface area (Å²) in [5, 5.41) is 0. The Morgan fingerprint density at radius 3 is 1.76 bits per heavy atom. The Morgan fingerprint density at radius 1 is 1.00 bits per heavy atom. The summed E-state index contributed by atoms with van der Waals surface area (Å²) in [6.07, 6.45) is 11.3. The first-order valence-corrected chi connectivity index (χ1v) is 9.08. The molecule has 0 bridgehead atoms. The predicted octanol–water partition coefficient (Wildman–Crippen LogP) is 5.54. The molecule has 0 unspecified atom stereocenters. The molecule has 3 heteroatoms. The average molecular weight is 350 g/mol. The fourth-order valence-electron chi connectivity index (χ4n) is 1.73. The number of rotatable bonds is 2. The van der Waals surface area contributed by atoms with Gasteiger partial charge in [0.1, 0.15) is 0 Å². The smallest absolute Gasteiger partial charge is 0.221 e. The van der Waals surface area contributed by atoms with Gasteiger partial charge in [-0.05, 0) is 43.4 Å². The highest BCUT2D eigenvalue weighted by atomic mass is 16.4. The van der Waals surface area contributed by atoms with E-state index >= 15 is 0 Å². The Labute approximate surface area is 156 Å². The molecule has 2 rings (SSSR count). The van der Waals surface area contributed by atoms with Crippen molar-refractivity contribution < 1.29 is 9.53 Å². The van der Waals surface area contributed by atoms with Crippen LogP contribution in [0.4, 0.5) is 0 Å². The van der Waals surface area contributed by atoms with Gasteiger partial charge in [0.25, 0.3) is 0 Å². The summed E-state index contributed by atoms with van der Waals surface area (Å²) in [5.41, 5.74) is 8.50. The Hall–Kier alpha value is -1.87. The van der Waals surface area contributed by atoms with Crippen LogP contribution in [0.5, 0.6) is 0 Å². The molecule has 1 aromatic carbocycles. The van der Waals surface area contributed by atoms with E-state index in [1.165, 1.54) is 18.4 Å². The number of hydrogen-bond donors (Lipinski definition) is 1. The fraction of sp³-hybridized carbons (Fsp3) is 0.500. The third-order valence-electron chi connectivity index (χ3n) is 2.96. The second-order valence-electron chi connectivity index (χ2n) is 4.84. The van der Waals surface area contributed by atoms with Crippen LogP contribution in [0.25, 0.3) is 0 Å². The van der Waals surface area contributed by atoms with Gasteiger partial charge in [-0.3, -0.25) is 4.79 Å². The van der Waals surface area contributed by atoms with Gasteiger partial charge in [-0.15, -0.1) is 0 Å². The van der Waals surface area contributed by atoms with Crippen LogP contribution in [0.2, 0.25) is 0 Å². The Morgan fingerprint density at radius 2 is 1.44 bits per heavy atom. The SMILES string of the molecule is C1=CCCC=C1.CC.CC.COC.Cc1cccc(CC(N)=O)c1C. The molecule has 0 saturated heterocycles. The zero-order valence-electron chi connectivity index (χ0n) is 17.6. The lowest BCUT2D eigenvalue weighted by Gasteiger charge is -2.05. The lowest BCUT2D eigenvalue weighted by atomic mass is 10.0. The zero-order valence-corrected chi connectivity index (χ0v) is 17.6. The predicted molar refractivity (Wildman–Crippen MR) is 112 cm³/mol. The second-order valence-corrected chi connectivity index (χ2v) is 4.84. The van der Waals surface area contributed by atoms with Crippen LogP contribution in [0.1, 0.15) is 57.2 Å². The summed E-state index contributed by atoms with van der Waals surface area (Å²) in [6, 6.07) is 5.91. The Balaban J connectivity index is -0.000000312. The number of carbonyl (C=O) groups is 1. The minimum absolute atomic E-state index is 0.274. The molecule has 0 radical (unpaired) electrons. The molecular weight excluding hydrogens is 310 g/mol. The van der Waals surface area contributed by atoms with Crippen LogP contribution in [0, 0.1) is 13.8 Å². The molecule has 0 saturated carbocycles. The molecule has 1 aliphatic rings. The van der Waals surface area contributed by atoms with Gasteiger partial charge in [0.05, 0.1) is 6.42 Å². The quantitative estimate of drug-likeness (QED) is 0.762. The normalized spacial score (nSPS) is 10.4. The molecule has 0 heterocycles. The molecular formula is C22H39NO2. The maximum absolute atomic E-state index is 10.7. The van der Waals surface area contributed by atoms with Gasteiger partial charge in [0.15, 0.2) is 0 Å². The van der Waals surface area contributed by atoms with Gasteiger partial charge in [0, 0.05) is 14.2 Å². The van der Waals surface area contributed by atoms with Crippen molar-refractivity contribution in [3.8, 4) is 0 Å². The molecule has 1 aromatic rings. The first-order valence-electron chi connectivity index (χ1n) is 9.08. The van der Waals surface area contributed by atoms with E-state index in [-0.39, 0.29) is 5.91 Å². The van der Waals surface area contributed by atoms with E-state index in [1.54, 1.807) is 14.2 Å². The van der Waals surface area contributed by atoms with Crippen molar-refractivity contribution in [2.45, 2.75) is 60.8 Å². The number of benzene rings is 1. The fourth-order valence-corrected chi connectivity index (χ4v) is 1.73. The molecule has 0 atom stereocenters. The maximum Gasteiger partial charge on any atom is 0.221 e. The molecule has 3 nitrogen and oxygen atoms in total. The molecule has 0 aromatic heterocycles. The van der Waals surface area contributed by atoms with Gasteiger partial charge >= 0.3 is 0 Å². The average Bonchev–Trinajstić information content (AvgIpc) is 2.65. The van der Waals surface area contributed by atoms with Crippen molar-refractivity contribution >= 4 is 5.91 Å². The number of hydrogen-bond acceptors (Lipinski definition) is 2. The van der Waals surface area contributed by atoms with Crippen molar-refractivity contribution in [2.24, 2.45) is 5.73 Å². The summed E-state index contributed by atoms with van der Waals surface area (Å²) in [7, 11) is 3.25. The molecule has 25 heavy (non-hydrogen) atoms. The van der Waals surface area contributed by atoms with Gasteiger partial charge in [0.2, 0.25) is 5.91 Å². The van der Waals surface area contributed by atoms with Gasteiger partial charge in [-0.2, -0.15) is 0 Å². The summed E-state index contributed by atoms with van der Waals surface area (Å²) in [4.78, 5) is 10.7. The molecule has 2 N–H and O–H groups in total. The highest BCUT2D eigenvalue weighted by Crippen LogP contribution is 2.12. The third kappa shape index (κ3) is 18.3. The van der Waals surface area contributed by atoms with E-state index < -0.39 is 0 Å². The minimum atomic E-state index is -0.274. The van der Waals surface area contributed by atoms with Crippen molar-refractivity contribution in [3.63, 3.8) is 0 Å². The highest BCUT2D eigenvalue weighted by Gasteiger charge is 2.02. The summed E-state index contributed by atoms with van der Waals surface area (Å²) in [6.45, 7) is 12.0. The molecule has 1 aliphatic carbocycles. The van der Waals surface area contributed by atoms with Crippen molar-refractivity contribution in [1.29, 1.82) is 0 Å². The van der Waals surface area contributed by atoms with Crippen molar-refractivity contribution in [3.05, 3.63) is 59.2 Å². The summed E-state index contributed by atoms with van der Waals surface area (Å²) < 4.78 is 4.25. The number of nitrogens with two attached hydrogens (primary N) is 1. The first kappa shape index (κ1) is 28.0. The molecule has 0 spiro atoms. The van der Waals surface area contributed by atoms with E-state index in [0.29, 0.717) is 6.42 Å². The molecule has 144 valence electrons. The summed E-state index contributed by atoms with van der Waals surface area (Å²) >= 11 is 0. The lowest BCUT2D eigenvalue weighted by Crippen LogP contribution is -2.14. The lowest BCUT2D eigenvalue weighted by molar-refractivity contribution is -0.117. The Bertz CT molecular complexity index is 465. The van der Waals surface area contributed by atoms with E-state index in [2.05, 4.69) is 29.0 Å². The minimum Gasteiger partial charge on any atom is -0.388 e. The van der Waals surface area contributed by atoms with Crippen molar-refractivity contribution in [1.82, 2.24) is 0 Å². The molecule has 1 amide bonds. The Kier molecular flexibility index (Phi) is 24.7. The second kappa shape index (κ2) is 22.1. The summed E-state index contributed by atoms with van der Waals surface area (Å²) in [5.74, 6) is -0.274.